The average molecular weight is 352 g/mol. The molecule has 2 aromatic heterocycles. The van der Waals surface area contributed by atoms with Gasteiger partial charge in [0.25, 0.3) is 5.91 Å². The van der Waals surface area contributed by atoms with E-state index in [0.29, 0.717) is 22.6 Å². The van der Waals surface area contributed by atoms with E-state index in [1.54, 1.807) is 19.4 Å². The van der Waals surface area contributed by atoms with Crippen molar-refractivity contribution in [2.45, 2.75) is 0 Å². The van der Waals surface area contributed by atoms with E-state index in [9.17, 15) is 4.79 Å². The van der Waals surface area contributed by atoms with Gasteiger partial charge >= 0.3 is 0 Å². The molecule has 0 unspecified atom stereocenters. The number of rotatable bonds is 4. The van der Waals surface area contributed by atoms with Crippen LogP contribution in [0.15, 0.2) is 36.5 Å². The number of hydrogen-bond donors (Lipinski definition) is 3. The number of carbonyl (C=O) groups excluding carboxylic acids is 1. The zero-order valence-electron chi connectivity index (χ0n) is 14.5. The summed E-state index contributed by atoms with van der Waals surface area (Å²) in [6.07, 6.45) is 1.71. The molecular formula is C18H20N6O2. The maximum atomic E-state index is 12.7. The molecule has 3 heterocycles. The minimum absolute atomic E-state index is 0.311. The van der Waals surface area contributed by atoms with Crippen LogP contribution in [0.1, 0.15) is 10.5 Å². The Balaban J connectivity index is 1.56. The predicted octanol–water partition coefficient (Wildman–Crippen LogP) is 1.63. The van der Waals surface area contributed by atoms with E-state index in [4.69, 9.17) is 4.74 Å². The van der Waals surface area contributed by atoms with Crippen molar-refractivity contribution in [2.24, 2.45) is 0 Å². The van der Waals surface area contributed by atoms with E-state index in [0.717, 1.165) is 37.4 Å². The Bertz CT molecular complexity index is 932. The Labute approximate surface area is 150 Å². The Hall–Kier alpha value is -3.13. The van der Waals surface area contributed by atoms with Gasteiger partial charge in [-0.05, 0) is 24.3 Å². The molecular weight excluding hydrogens is 332 g/mol. The number of methoxy groups -OCH3 is 1. The van der Waals surface area contributed by atoms with Crippen LogP contribution in [0.3, 0.4) is 0 Å². The fourth-order valence-electron chi connectivity index (χ4n) is 3.08. The standard InChI is InChI=1S/C18H20N6O2/c1-26-13-2-3-15-14(11-13)17(23-22-15)18(25)21-16-10-12(4-5-20-16)24-8-6-19-7-9-24/h2-5,10-11,19H,6-9H2,1H3,(H,22,23)(H,20,21,25). The quantitative estimate of drug-likeness (QED) is 0.661. The monoisotopic (exact) mass is 352 g/mol. The van der Waals surface area contributed by atoms with Gasteiger partial charge in [0.2, 0.25) is 0 Å². The first-order chi connectivity index (χ1) is 12.7. The van der Waals surface area contributed by atoms with Gasteiger partial charge in [0.1, 0.15) is 11.6 Å². The smallest absolute Gasteiger partial charge is 0.277 e. The van der Waals surface area contributed by atoms with Crippen LogP contribution < -0.4 is 20.3 Å². The van der Waals surface area contributed by atoms with Crippen LogP contribution >= 0.6 is 0 Å². The zero-order chi connectivity index (χ0) is 17.9. The fraction of sp³-hybridized carbons (Fsp3) is 0.278. The molecule has 1 aromatic carbocycles. The topological polar surface area (TPSA) is 95.2 Å². The molecule has 1 aliphatic heterocycles. The number of nitrogens with zero attached hydrogens (tertiary/aromatic N) is 3. The third-order valence-electron chi connectivity index (χ3n) is 4.45. The van der Waals surface area contributed by atoms with Gasteiger partial charge in [-0.1, -0.05) is 0 Å². The summed E-state index contributed by atoms with van der Waals surface area (Å²) in [5, 5.41) is 13.9. The minimum Gasteiger partial charge on any atom is -0.497 e. The molecule has 134 valence electrons. The molecule has 1 amide bonds. The van der Waals surface area contributed by atoms with Gasteiger partial charge < -0.3 is 20.3 Å². The van der Waals surface area contributed by atoms with Crippen molar-refractivity contribution in [1.82, 2.24) is 20.5 Å². The molecule has 1 aliphatic rings. The number of aromatic nitrogens is 3. The second-order valence-corrected chi connectivity index (χ2v) is 6.07. The first kappa shape index (κ1) is 16.3. The summed E-state index contributed by atoms with van der Waals surface area (Å²) in [6.45, 7) is 3.76. The maximum absolute atomic E-state index is 12.7. The van der Waals surface area contributed by atoms with Crippen molar-refractivity contribution in [3.05, 3.63) is 42.2 Å². The number of anilines is 2. The van der Waals surface area contributed by atoms with E-state index >= 15 is 0 Å². The highest BCUT2D eigenvalue weighted by Gasteiger charge is 2.17. The number of fused-ring (bicyclic) bond motifs is 1. The first-order valence-electron chi connectivity index (χ1n) is 8.50. The number of carbonyl (C=O) groups is 1. The number of pyridine rings is 1. The van der Waals surface area contributed by atoms with Gasteiger partial charge in [-0.3, -0.25) is 9.89 Å². The molecule has 8 nitrogen and oxygen atoms in total. The van der Waals surface area contributed by atoms with Gasteiger partial charge in [0.05, 0.1) is 12.6 Å². The number of piperazine rings is 1. The number of nitrogens with one attached hydrogen (secondary N) is 3. The van der Waals surface area contributed by atoms with Gasteiger partial charge in [-0.2, -0.15) is 5.10 Å². The Kier molecular flexibility index (Phi) is 4.40. The molecule has 3 aromatic rings. The van der Waals surface area contributed by atoms with Gasteiger partial charge in [0.15, 0.2) is 5.69 Å². The highest BCUT2D eigenvalue weighted by Crippen LogP contribution is 2.23. The minimum atomic E-state index is -0.311. The summed E-state index contributed by atoms with van der Waals surface area (Å²) in [4.78, 5) is 19.2. The number of ether oxygens (including phenoxy) is 1. The fourth-order valence-corrected chi connectivity index (χ4v) is 3.08. The van der Waals surface area contributed by atoms with E-state index in [1.807, 2.05) is 24.3 Å². The number of benzene rings is 1. The van der Waals surface area contributed by atoms with Gasteiger partial charge in [0, 0.05) is 49.5 Å². The van der Waals surface area contributed by atoms with Crippen LogP contribution in [0, 0.1) is 0 Å². The van der Waals surface area contributed by atoms with Crippen molar-refractivity contribution in [3.8, 4) is 5.75 Å². The summed E-state index contributed by atoms with van der Waals surface area (Å²) < 4.78 is 5.23. The number of H-pyrrole nitrogens is 1. The van der Waals surface area contributed by atoms with E-state index in [1.165, 1.54) is 0 Å². The molecule has 0 saturated carbocycles. The van der Waals surface area contributed by atoms with E-state index < -0.39 is 0 Å². The van der Waals surface area contributed by atoms with Crippen LogP contribution in [0.25, 0.3) is 10.9 Å². The summed E-state index contributed by atoms with van der Waals surface area (Å²) in [7, 11) is 1.59. The van der Waals surface area contributed by atoms with Crippen molar-refractivity contribution in [1.29, 1.82) is 0 Å². The summed E-state index contributed by atoms with van der Waals surface area (Å²) in [6, 6.07) is 9.29. The average Bonchev–Trinajstić information content (AvgIpc) is 3.12. The molecule has 1 fully saturated rings. The number of hydrogen-bond acceptors (Lipinski definition) is 6. The molecule has 0 atom stereocenters. The highest BCUT2D eigenvalue weighted by atomic mass is 16.5. The highest BCUT2D eigenvalue weighted by molar-refractivity contribution is 6.11. The van der Waals surface area contributed by atoms with Crippen LogP contribution in [-0.2, 0) is 0 Å². The molecule has 0 bridgehead atoms. The summed E-state index contributed by atoms with van der Waals surface area (Å²) in [5.41, 5.74) is 2.14. The number of aromatic amines is 1. The third kappa shape index (κ3) is 3.18. The molecule has 0 spiro atoms. The van der Waals surface area contributed by atoms with Gasteiger partial charge in [-0.15, -0.1) is 0 Å². The molecule has 0 aliphatic carbocycles. The Morgan fingerprint density at radius 1 is 1.23 bits per heavy atom. The second-order valence-electron chi connectivity index (χ2n) is 6.07. The lowest BCUT2D eigenvalue weighted by Gasteiger charge is -2.29. The van der Waals surface area contributed by atoms with Crippen molar-refractivity contribution < 1.29 is 9.53 Å². The predicted molar refractivity (Wildman–Crippen MR) is 99.9 cm³/mol. The molecule has 4 rings (SSSR count). The largest absolute Gasteiger partial charge is 0.497 e. The molecule has 26 heavy (non-hydrogen) atoms. The van der Waals surface area contributed by atoms with E-state index in [-0.39, 0.29) is 5.91 Å². The molecule has 8 heteroatoms. The lowest BCUT2D eigenvalue weighted by atomic mass is 10.2. The van der Waals surface area contributed by atoms with Crippen LogP contribution in [0.5, 0.6) is 5.75 Å². The second kappa shape index (κ2) is 7.01. The SMILES string of the molecule is COc1ccc2[nH]nc(C(=O)Nc3cc(N4CCNCC4)ccn3)c2c1. The normalized spacial score (nSPS) is 14.4. The van der Waals surface area contributed by atoms with Crippen LogP contribution in [0.4, 0.5) is 11.5 Å². The van der Waals surface area contributed by atoms with Crippen molar-refractivity contribution >= 4 is 28.3 Å². The summed E-state index contributed by atoms with van der Waals surface area (Å²) >= 11 is 0. The van der Waals surface area contributed by atoms with Crippen molar-refractivity contribution in [3.63, 3.8) is 0 Å². The Morgan fingerprint density at radius 2 is 2.08 bits per heavy atom. The lowest BCUT2D eigenvalue weighted by molar-refractivity contribution is 0.102. The third-order valence-corrected chi connectivity index (χ3v) is 4.45. The van der Waals surface area contributed by atoms with Crippen LogP contribution in [0.2, 0.25) is 0 Å². The van der Waals surface area contributed by atoms with Gasteiger partial charge in [-0.25, -0.2) is 4.98 Å². The Morgan fingerprint density at radius 3 is 2.88 bits per heavy atom. The molecule has 1 saturated heterocycles. The summed E-state index contributed by atoms with van der Waals surface area (Å²) in [5.74, 6) is 0.867. The first-order valence-corrected chi connectivity index (χ1v) is 8.50. The number of amides is 1. The molecule has 3 N–H and O–H groups in total. The lowest BCUT2D eigenvalue weighted by Crippen LogP contribution is -2.43. The van der Waals surface area contributed by atoms with Crippen molar-refractivity contribution in [2.75, 3.05) is 43.5 Å². The maximum Gasteiger partial charge on any atom is 0.277 e. The zero-order valence-corrected chi connectivity index (χ0v) is 14.5. The van der Waals surface area contributed by atoms with E-state index in [2.05, 4.69) is 30.7 Å². The van der Waals surface area contributed by atoms with Crippen LogP contribution in [-0.4, -0.2) is 54.4 Å². The molecule has 0 radical (unpaired) electrons.